The first-order chi connectivity index (χ1) is 20.6. The molecule has 6 rings (SSSR count). The van der Waals surface area contributed by atoms with Crippen molar-refractivity contribution >= 4 is 40.7 Å². The van der Waals surface area contributed by atoms with Gasteiger partial charge in [0.05, 0.1) is 23.3 Å². The Morgan fingerprint density at radius 2 is 2.05 bits per heavy atom. The van der Waals surface area contributed by atoms with E-state index in [9.17, 15) is 24.6 Å². The zero-order valence-electron chi connectivity index (χ0n) is 25.1. The van der Waals surface area contributed by atoms with Crippen LogP contribution < -0.4 is 14.8 Å². The minimum Gasteiger partial charge on any atom is -0.493 e. The molecular formula is C32H43IN2O8. The maximum Gasteiger partial charge on any atom is 0.252 e. The summed E-state index contributed by atoms with van der Waals surface area (Å²) in [6.45, 7) is 5.50. The van der Waals surface area contributed by atoms with Crippen molar-refractivity contribution in [3.8, 4) is 11.5 Å². The quantitative estimate of drug-likeness (QED) is 0.236. The van der Waals surface area contributed by atoms with Crippen molar-refractivity contribution in [1.29, 1.82) is 0 Å². The van der Waals surface area contributed by atoms with Gasteiger partial charge in [-0.2, -0.15) is 0 Å². The van der Waals surface area contributed by atoms with Crippen LogP contribution in [0.15, 0.2) is 23.8 Å². The number of nitrogens with one attached hydrogen (secondary N) is 1. The number of benzene rings is 1. The van der Waals surface area contributed by atoms with E-state index in [-0.39, 0.29) is 42.7 Å². The van der Waals surface area contributed by atoms with Crippen LogP contribution in [0, 0.1) is 26.7 Å². The smallest absolute Gasteiger partial charge is 0.252 e. The molecule has 3 saturated carbocycles. The number of rotatable bonds is 11. The summed E-state index contributed by atoms with van der Waals surface area (Å²) in [6.07, 6.45) is 4.44. The van der Waals surface area contributed by atoms with Crippen LogP contribution in [0.25, 0.3) is 0 Å². The molecule has 0 aromatic heterocycles. The van der Waals surface area contributed by atoms with Gasteiger partial charge in [-0.3, -0.25) is 14.4 Å². The van der Waals surface area contributed by atoms with Crippen molar-refractivity contribution in [2.24, 2.45) is 23.2 Å². The number of amides is 2. The molecule has 11 heteroatoms. The molecule has 4 fully saturated rings. The number of carbonyl (C=O) groups is 3. The Hall–Kier alpha value is -2.22. The second-order valence-corrected chi connectivity index (χ2v) is 14.0. The number of hydrogen-bond donors (Lipinski definition) is 3. The van der Waals surface area contributed by atoms with Gasteiger partial charge in [-0.1, -0.05) is 13.8 Å². The molecule has 0 radical (unpaired) electrons. The lowest BCUT2D eigenvalue weighted by molar-refractivity contribution is -0.156. The summed E-state index contributed by atoms with van der Waals surface area (Å²) >= 11 is 2.05. The first kappa shape index (κ1) is 32.2. The largest absolute Gasteiger partial charge is 0.493 e. The Morgan fingerprint density at radius 1 is 1.26 bits per heavy atom. The van der Waals surface area contributed by atoms with E-state index in [0.29, 0.717) is 57.6 Å². The molecule has 1 aromatic carbocycles. The van der Waals surface area contributed by atoms with Crippen LogP contribution >= 0.6 is 22.6 Å². The molecule has 236 valence electrons. The Labute approximate surface area is 266 Å². The Bertz CT molecular complexity index is 1240. The highest BCUT2D eigenvalue weighted by Crippen LogP contribution is 2.61. The molecule has 1 heterocycles. The lowest BCUT2D eigenvalue weighted by Crippen LogP contribution is -2.60. The van der Waals surface area contributed by atoms with Crippen molar-refractivity contribution in [2.75, 3.05) is 33.4 Å². The van der Waals surface area contributed by atoms with Crippen LogP contribution in [0.2, 0.25) is 0 Å². The summed E-state index contributed by atoms with van der Waals surface area (Å²) in [5.41, 5.74) is 0.997. The highest BCUT2D eigenvalue weighted by Gasteiger charge is 2.55. The molecule has 5 aliphatic rings. The first-order valence-electron chi connectivity index (χ1n) is 15.3. The van der Waals surface area contributed by atoms with Crippen LogP contribution in [0.4, 0.5) is 0 Å². The van der Waals surface area contributed by atoms with Crippen molar-refractivity contribution < 1.29 is 38.8 Å². The van der Waals surface area contributed by atoms with Gasteiger partial charge in [0.1, 0.15) is 24.6 Å². The Morgan fingerprint density at radius 3 is 2.67 bits per heavy atom. The van der Waals surface area contributed by atoms with Crippen LogP contribution in [0.5, 0.6) is 11.5 Å². The van der Waals surface area contributed by atoms with Gasteiger partial charge in [0, 0.05) is 37.3 Å². The number of fused-ring (bicyclic) bond motifs is 2. The summed E-state index contributed by atoms with van der Waals surface area (Å²) in [6, 6.07) is 2.47. The van der Waals surface area contributed by atoms with Crippen molar-refractivity contribution in [2.45, 2.75) is 76.7 Å². The molecule has 7 unspecified atom stereocenters. The fraction of sp³-hybridized carbons (Fsp3) is 0.656. The number of methoxy groups -OCH3 is 1. The van der Waals surface area contributed by atoms with E-state index in [1.54, 1.807) is 23.1 Å². The molecule has 1 saturated heterocycles. The standard InChI is InChI=1S/C32H43IN2O8/c1-32(2)21-7-6-19(22(32)15-21)16-35(31(40)25-5-4-10-42-25)24-13-20(30(39)34-8-9-36)14-26(28(24)38)43-29-23(33)11-18(17-37)12-27(29)41-3/h11-12,14,17,19,21-22,24-26,28,36,38H,4-10,13,15-16H2,1-3H3,(H,34,39). The van der Waals surface area contributed by atoms with E-state index >= 15 is 0 Å². The normalized spacial score (nSPS) is 30.9. The first-order valence-corrected chi connectivity index (χ1v) is 16.4. The molecule has 1 aliphatic heterocycles. The van der Waals surface area contributed by atoms with Gasteiger partial charge >= 0.3 is 0 Å². The van der Waals surface area contributed by atoms with Gasteiger partial charge in [-0.15, -0.1) is 0 Å². The molecule has 2 bridgehead atoms. The zero-order valence-corrected chi connectivity index (χ0v) is 27.2. The number of aldehydes is 1. The summed E-state index contributed by atoms with van der Waals surface area (Å²) in [4.78, 5) is 40.6. The van der Waals surface area contributed by atoms with Gasteiger partial charge in [0.15, 0.2) is 11.5 Å². The molecular weight excluding hydrogens is 667 g/mol. The van der Waals surface area contributed by atoms with E-state index < -0.39 is 24.4 Å². The number of halogens is 1. The second-order valence-electron chi connectivity index (χ2n) is 12.9. The third-order valence-electron chi connectivity index (χ3n) is 10.2. The van der Waals surface area contributed by atoms with E-state index in [0.717, 1.165) is 32.0 Å². The SMILES string of the molecule is COc1cc(C=O)cc(I)c1OC1C=C(C(=O)NCCO)CC(N(CC2CCC3CC2C3(C)C)C(=O)C2CCCO2)C1O. The van der Waals surface area contributed by atoms with E-state index in [4.69, 9.17) is 14.2 Å². The van der Waals surface area contributed by atoms with Gasteiger partial charge in [0.25, 0.3) is 5.91 Å². The highest BCUT2D eigenvalue weighted by molar-refractivity contribution is 14.1. The minimum absolute atomic E-state index is 0.0758. The average molecular weight is 711 g/mol. The molecule has 10 nitrogen and oxygen atoms in total. The zero-order chi connectivity index (χ0) is 30.9. The van der Waals surface area contributed by atoms with Gasteiger partial charge in [0.2, 0.25) is 5.91 Å². The second kappa shape index (κ2) is 13.4. The molecule has 1 aromatic rings. The predicted octanol–water partition coefficient (Wildman–Crippen LogP) is 3.11. The van der Waals surface area contributed by atoms with Gasteiger partial charge in [-0.25, -0.2) is 0 Å². The average Bonchev–Trinajstić information content (AvgIpc) is 3.55. The molecule has 43 heavy (non-hydrogen) atoms. The number of aliphatic hydroxyl groups excluding tert-OH is 2. The van der Waals surface area contributed by atoms with Crippen LogP contribution in [-0.4, -0.2) is 91.0 Å². The highest BCUT2D eigenvalue weighted by atomic mass is 127. The lowest BCUT2D eigenvalue weighted by Gasteiger charge is -2.61. The van der Waals surface area contributed by atoms with Crippen LogP contribution in [0.3, 0.4) is 0 Å². The summed E-state index contributed by atoms with van der Waals surface area (Å²) in [5, 5.41) is 23.9. The molecule has 2 amide bonds. The van der Waals surface area contributed by atoms with Crippen LogP contribution in [0.1, 0.15) is 62.7 Å². The Balaban J connectivity index is 1.49. The minimum atomic E-state index is -1.16. The van der Waals surface area contributed by atoms with Gasteiger partial charge in [-0.05, 0) is 96.1 Å². The van der Waals surface area contributed by atoms with Crippen molar-refractivity contribution in [1.82, 2.24) is 10.2 Å². The molecule has 0 spiro atoms. The number of ether oxygens (including phenoxy) is 3. The van der Waals surface area contributed by atoms with E-state index in [1.165, 1.54) is 7.11 Å². The van der Waals surface area contributed by atoms with E-state index in [1.807, 2.05) is 22.6 Å². The summed E-state index contributed by atoms with van der Waals surface area (Å²) < 4.78 is 18.3. The number of nitrogens with zero attached hydrogens (tertiary/aromatic N) is 1. The predicted molar refractivity (Wildman–Crippen MR) is 167 cm³/mol. The number of hydrogen-bond acceptors (Lipinski definition) is 8. The maximum atomic E-state index is 14.1. The van der Waals surface area contributed by atoms with Crippen molar-refractivity contribution in [3.05, 3.63) is 32.9 Å². The number of carbonyl (C=O) groups excluding carboxylic acids is 3. The van der Waals surface area contributed by atoms with Crippen molar-refractivity contribution in [3.63, 3.8) is 0 Å². The third-order valence-corrected chi connectivity index (χ3v) is 11.0. The van der Waals surface area contributed by atoms with Gasteiger partial charge < -0.3 is 34.6 Å². The Kier molecular flexibility index (Phi) is 10.0. The fourth-order valence-corrected chi connectivity index (χ4v) is 8.37. The van der Waals surface area contributed by atoms with E-state index in [2.05, 4.69) is 19.2 Å². The van der Waals surface area contributed by atoms with Crippen LogP contribution in [-0.2, 0) is 14.3 Å². The third kappa shape index (κ3) is 6.46. The molecule has 4 aliphatic carbocycles. The summed E-state index contributed by atoms with van der Waals surface area (Å²) in [7, 11) is 1.47. The topological polar surface area (TPSA) is 135 Å². The molecule has 7 atom stereocenters. The number of aliphatic hydroxyl groups is 2. The summed E-state index contributed by atoms with van der Waals surface area (Å²) in [5.74, 6) is 1.59. The fourth-order valence-electron chi connectivity index (χ4n) is 7.62. The lowest BCUT2D eigenvalue weighted by atomic mass is 9.45. The molecule has 3 N–H and O–H groups in total. The monoisotopic (exact) mass is 710 g/mol. The maximum absolute atomic E-state index is 14.1.